The van der Waals surface area contributed by atoms with E-state index in [-0.39, 0.29) is 23.5 Å². The van der Waals surface area contributed by atoms with E-state index in [1.165, 1.54) is 23.8 Å². The molecule has 2 aromatic carbocycles. The number of carbonyl (C=O) groups excluding carboxylic acids is 2. The second-order valence-electron chi connectivity index (χ2n) is 9.15. The molecule has 1 saturated carbocycles. The zero-order valence-corrected chi connectivity index (χ0v) is 19.4. The summed E-state index contributed by atoms with van der Waals surface area (Å²) >= 11 is 0. The number of piperazine rings is 1. The Balaban J connectivity index is 1.36. The molecule has 4 rings (SSSR count). The van der Waals surface area contributed by atoms with Gasteiger partial charge in [-0.15, -0.1) is 0 Å². The van der Waals surface area contributed by atoms with Crippen LogP contribution >= 0.6 is 0 Å². The summed E-state index contributed by atoms with van der Waals surface area (Å²) in [6, 6.07) is 15.8. The molecule has 0 aromatic heterocycles. The summed E-state index contributed by atoms with van der Waals surface area (Å²) in [5.41, 5.74) is 1.44. The number of nitro benzene ring substituents is 1. The van der Waals surface area contributed by atoms with E-state index in [1.54, 1.807) is 11.0 Å². The van der Waals surface area contributed by atoms with Gasteiger partial charge in [-0.1, -0.05) is 49.2 Å². The number of amides is 2. The Hall–Kier alpha value is -3.26. The maximum absolute atomic E-state index is 13.3. The second kappa shape index (κ2) is 11.2. The van der Waals surface area contributed by atoms with Crippen LogP contribution in [0.15, 0.2) is 54.6 Å². The van der Waals surface area contributed by atoms with E-state index in [0.29, 0.717) is 44.2 Å². The number of hydrogen-bond acceptors (Lipinski definition) is 5. The van der Waals surface area contributed by atoms with Gasteiger partial charge in [0.15, 0.2) is 0 Å². The molecule has 2 aliphatic rings. The van der Waals surface area contributed by atoms with Crippen molar-refractivity contribution in [3.05, 3.63) is 75.8 Å². The van der Waals surface area contributed by atoms with Crippen LogP contribution < -0.4 is 5.32 Å². The van der Waals surface area contributed by atoms with Gasteiger partial charge in [0.1, 0.15) is 0 Å². The molecule has 0 radical (unpaired) electrons. The van der Waals surface area contributed by atoms with E-state index in [9.17, 15) is 19.7 Å². The minimum absolute atomic E-state index is 0.0845. The smallest absolute Gasteiger partial charge is 0.270 e. The van der Waals surface area contributed by atoms with Gasteiger partial charge in [0, 0.05) is 50.4 Å². The molecule has 0 bridgehead atoms. The van der Waals surface area contributed by atoms with Gasteiger partial charge >= 0.3 is 0 Å². The maximum Gasteiger partial charge on any atom is 0.270 e. The third-order valence-electron chi connectivity index (χ3n) is 6.97. The van der Waals surface area contributed by atoms with E-state index < -0.39 is 4.92 Å². The second-order valence-corrected chi connectivity index (χ2v) is 9.15. The van der Waals surface area contributed by atoms with Crippen molar-refractivity contribution in [1.29, 1.82) is 0 Å². The zero-order valence-electron chi connectivity index (χ0n) is 19.4. The number of rotatable bonds is 8. The van der Waals surface area contributed by atoms with Gasteiger partial charge in [-0.05, 0) is 36.8 Å². The van der Waals surface area contributed by atoms with Gasteiger partial charge in [-0.25, -0.2) is 0 Å². The molecule has 2 fully saturated rings. The molecule has 1 saturated heterocycles. The lowest BCUT2D eigenvalue weighted by Crippen LogP contribution is -2.58. The summed E-state index contributed by atoms with van der Waals surface area (Å²) in [5, 5.41) is 14.2. The van der Waals surface area contributed by atoms with Crippen LogP contribution in [0.4, 0.5) is 5.69 Å². The van der Waals surface area contributed by atoms with Crippen LogP contribution in [0, 0.1) is 16.0 Å². The lowest BCUT2D eigenvalue weighted by atomic mass is 9.94. The van der Waals surface area contributed by atoms with Crippen LogP contribution in [-0.4, -0.2) is 65.3 Å². The molecule has 1 aliphatic heterocycles. The number of nitro groups is 1. The monoisotopic (exact) mass is 464 g/mol. The largest absolute Gasteiger partial charge is 0.354 e. The molecule has 0 unspecified atom stereocenters. The Morgan fingerprint density at radius 1 is 1.00 bits per heavy atom. The highest BCUT2D eigenvalue weighted by molar-refractivity contribution is 5.95. The van der Waals surface area contributed by atoms with Gasteiger partial charge in [0.25, 0.3) is 11.6 Å². The van der Waals surface area contributed by atoms with Crippen molar-refractivity contribution in [1.82, 2.24) is 15.1 Å². The number of non-ortho nitro benzene ring substituents is 1. The van der Waals surface area contributed by atoms with Crippen molar-refractivity contribution < 1.29 is 14.5 Å². The molecule has 2 amide bonds. The summed E-state index contributed by atoms with van der Waals surface area (Å²) < 4.78 is 0. The van der Waals surface area contributed by atoms with Gasteiger partial charge in [0.2, 0.25) is 5.91 Å². The fraction of sp³-hybridized carbons (Fsp3) is 0.462. The highest BCUT2D eigenvalue weighted by Gasteiger charge is 2.37. The van der Waals surface area contributed by atoms with E-state index in [1.807, 2.05) is 18.2 Å². The molecule has 1 N–H and O–H groups in total. The van der Waals surface area contributed by atoms with E-state index in [2.05, 4.69) is 22.3 Å². The highest BCUT2D eigenvalue weighted by Crippen LogP contribution is 2.31. The van der Waals surface area contributed by atoms with Crippen LogP contribution in [0.1, 0.15) is 41.6 Å². The molecular weight excluding hydrogens is 432 g/mol. The van der Waals surface area contributed by atoms with Crippen LogP contribution in [0.2, 0.25) is 0 Å². The van der Waals surface area contributed by atoms with E-state index in [4.69, 9.17) is 0 Å². The van der Waals surface area contributed by atoms with Gasteiger partial charge < -0.3 is 10.2 Å². The zero-order chi connectivity index (χ0) is 23.9. The third kappa shape index (κ3) is 5.80. The lowest BCUT2D eigenvalue weighted by molar-refractivity contribution is -0.384. The van der Waals surface area contributed by atoms with Crippen LogP contribution in [0.5, 0.6) is 0 Å². The van der Waals surface area contributed by atoms with Gasteiger partial charge in [-0.3, -0.25) is 24.6 Å². The lowest BCUT2D eigenvalue weighted by Gasteiger charge is -2.40. The molecule has 34 heavy (non-hydrogen) atoms. The predicted molar refractivity (Wildman–Crippen MR) is 129 cm³/mol. The standard InChI is InChI=1S/C26H32N4O4/c31-25(27-14-13-20-7-2-1-3-8-20)24(21-9-4-5-10-21)28-15-17-29(18-16-28)26(32)22-11-6-12-23(19-22)30(33)34/h1-3,6-8,11-12,19,21,24H,4-5,9-10,13-18H2,(H,27,31)/t24-/m1/s1. The van der Waals surface area contributed by atoms with Crippen LogP contribution in [-0.2, 0) is 11.2 Å². The Morgan fingerprint density at radius 3 is 2.38 bits per heavy atom. The first-order valence-electron chi connectivity index (χ1n) is 12.1. The SMILES string of the molecule is O=C(NCCc1ccccc1)[C@@H](C1CCCC1)N1CCN(C(=O)c2cccc([N+](=O)[O-])c2)CC1. The van der Waals surface area contributed by atoms with Crippen molar-refractivity contribution in [3.8, 4) is 0 Å². The predicted octanol–water partition coefficient (Wildman–Crippen LogP) is 3.27. The Labute approximate surface area is 200 Å². The average molecular weight is 465 g/mol. The number of nitrogens with one attached hydrogen (secondary N) is 1. The summed E-state index contributed by atoms with van der Waals surface area (Å²) in [6.07, 6.45) is 5.23. The molecule has 0 spiro atoms. The summed E-state index contributed by atoms with van der Waals surface area (Å²) in [6.45, 7) is 2.85. The van der Waals surface area contributed by atoms with Crippen molar-refractivity contribution in [2.45, 2.75) is 38.1 Å². The molecule has 8 heteroatoms. The molecule has 180 valence electrons. The quantitative estimate of drug-likeness (QED) is 0.478. The molecule has 2 aromatic rings. The average Bonchev–Trinajstić information content (AvgIpc) is 3.39. The van der Waals surface area contributed by atoms with Crippen molar-refractivity contribution in [3.63, 3.8) is 0 Å². The summed E-state index contributed by atoms with van der Waals surface area (Å²) in [7, 11) is 0. The topological polar surface area (TPSA) is 95.8 Å². The fourth-order valence-electron chi connectivity index (χ4n) is 5.17. The number of nitrogens with zero attached hydrogens (tertiary/aromatic N) is 3. The third-order valence-corrected chi connectivity index (χ3v) is 6.97. The van der Waals surface area contributed by atoms with Crippen LogP contribution in [0.3, 0.4) is 0 Å². The minimum Gasteiger partial charge on any atom is -0.354 e. The first-order valence-corrected chi connectivity index (χ1v) is 12.1. The summed E-state index contributed by atoms with van der Waals surface area (Å²) in [4.78, 5) is 40.7. The van der Waals surface area contributed by atoms with Crippen molar-refractivity contribution >= 4 is 17.5 Å². The number of benzene rings is 2. The maximum atomic E-state index is 13.3. The Morgan fingerprint density at radius 2 is 1.71 bits per heavy atom. The fourth-order valence-corrected chi connectivity index (χ4v) is 5.17. The molecule has 8 nitrogen and oxygen atoms in total. The number of carbonyl (C=O) groups is 2. The summed E-state index contributed by atoms with van der Waals surface area (Å²) in [5.74, 6) is 0.227. The first kappa shape index (κ1) is 23.9. The Bertz CT molecular complexity index is 999. The van der Waals surface area contributed by atoms with Gasteiger partial charge in [-0.2, -0.15) is 0 Å². The molecular formula is C26H32N4O4. The molecule has 1 atom stereocenters. The molecule has 1 heterocycles. The van der Waals surface area contributed by atoms with E-state index in [0.717, 1.165) is 32.1 Å². The highest BCUT2D eigenvalue weighted by atomic mass is 16.6. The first-order chi connectivity index (χ1) is 16.5. The van der Waals surface area contributed by atoms with Gasteiger partial charge in [0.05, 0.1) is 11.0 Å². The number of hydrogen-bond donors (Lipinski definition) is 1. The van der Waals surface area contributed by atoms with Crippen molar-refractivity contribution in [2.75, 3.05) is 32.7 Å². The normalized spacial score (nSPS) is 17.9. The Kier molecular flexibility index (Phi) is 7.90. The van der Waals surface area contributed by atoms with E-state index >= 15 is 0 Å². The van der Waals surface area contributed by atoms with Crippen molar-refractivity contribution in [2.24, 2.45) is 5.92 Å². The minimum atomic E-state index is -0.489. The van der Waals surface area contributed by atoms with Crippen LogP contribution in [0.25, 0.3) is 0 Å². The molecule has 1 aliphatic carbocycles.